The molecule has 0 spiro atoms. The van der Waals surface area contributed by atoms with Crippen molar-refractivity contribution in [2.45, 2.75) is 55.2 Å². The normalized spacial score (nSPS) is 25.5. The van der Waals surface area contributed by atoms with Crippen LogP contribution in [0.5, 0.6) is 0 Å². The molecule has 0 bridgehead atoms. The third-order valence-corrected chi connectivity index (χ3v) is 7.65. The van der Waals surface area contributed by atoms with Gasteiger partial charge in [-0.25, -0.2) is 26.9 Å². The molecule has 36 heavy (non-hydrogen) atoms. The molecular weight excluding hydrogens is 512 g/mol. The third kappa shape index (κ3) is 4.96. The minimum atomic E-state index is -5.44. The molecule has 0 radical (unpaired) electrons. The molecule has 1 heterocycles. The molecular formula is C23H23F6N3O3S. The lowest BCUT2D eigenvalue weighted by Crippen LogP contribution is -2.57. The van der Waals surface area contributed by atoms with Gasteiger partial charge in [0.1, 0.15) is 23.1 Å². The van der Waals surface area contributed by atoms with Crippen LogP contribution in [0.1, 0.15) is 33.9 Å². The first-order chi connectivity index (χ1) is 17.4. The van der Waals surface area contributed by atoms with Crippen molar-refractivity contribution in [3.05, 3.63) is 59.4 Å². The average Bonchev–Trinajstić information content (AvgIpc) is 3.13. The van der Waals surface area contributed by atoms with Crippen LogP contribution in [0, 0.1) is 22.2 Å². The highest BCUT2D eigenvalue weighted by atomic mass is 32.2. The number of benzene rings is 2. The zero-order valence-electron chi connectivity index (χ0n) is 20.5. The molecule has 0 aromatic heterocycles. The molecule has 1 aliphatic heterocycles. The highest BCUT2D eigenvalue weighted by molar-refractivity contribution is 7.91. The van der Waals surface area contributed by atoms with E-state index in [1.165, 1.54) is 18.2 Å². The van der Waals surface area contributed by atoms with Crippen LogP contribution >= 0.6 is 0 Å². The Bertz CT molecular complexity index is 1340. The van der Waals surface area contributed by atoms with Gasteiger partial charge in [-0.15, -0.1) is 0 Å². The largest absolute Gasteiger partial charge is 0.492 e. The van der Waals surface area contributed by atoms with E-state index >= 15 is 4.39 Å². The summed E-state index contributed by atoms with van der Waals surface area (Å²) >= 11 is 0. The number of rotatable bonds is 6. The fourth-order valence-electron chi connectivity index (χ4n) is 4.45. The summed E-state index contributed by atoms with van der Waals surface area (Å²) in [6.45, 7) is -0.240. The molecule has 2 aromatic carbocycles. The van der Waals surface area contributed by atoms with Crippen molar-refractivity contribution in [1.29, 1.82) is 4.78 Å². The van der Waals surface area contributed by atoms with Gasteiger partial charge in [0.25, 0.3) is 5.91 Å². The van der Waals surface area contributed by atoms with Crippen molar-refractivity contribution < 1.29 is 43.2 Å². The third-order valence-electron chi connectivity index (χ3n) is 6.36. The summed E-state index contributed by atoms with van der Waals surface area (Å²) in [5.41, 5.74) is -8.07. The second-order valence-electron chi connectivity index (χ2n) is 8.86. The minimum absolute atomic E-state index is 0.145. The molecule has 13 heteroatoms. The van der Waals surface area contributed by atoms with E-state index in [9.17, 15) is 36.1 Å². The number of carbonyl (C=O) groups is 1. The summed E-state index contributed by atoms with van der Waals surface area (Å²) in [5, 5.41) is 10.6. The lowest BCUT2D eigenvalue weighted by atomic mass is 9.79. The van der Waals surface area contributed by atoms with Gasteiger partial charge < -0.3 is 10.0 Å². The molecule has 4 rings (SSSR count). The monoisotopic (exact) mass is 537 g/mol. The Hall–Kier alpha value is -2.64. The summed E-state index contributed by atoms with van der Waals surface area (Å²) in [7, 11) is -5.36. The summed E-state index contributed by atoms with van der Waals surface area (Å²) in [5.74, 6) is -3.87. The van der Waals surface area contributed by atoms with Gasteiger partial charge in [0.05, 0.1) is 6.04 Å². The summed E-state index contributed by atoms with van der Waals surface area (Å²) in [6, 6.07) is 3.48. The fraction of sp³-hybridized carbons (Fsp3) is 0.435. The van der Waals surface area contributed by atoms with Crippen molar-refractivity contribution in [2.75, 3.05) is 6.54 Å². The van der Waals surface area contributed by atoms with Gasteiger partial charge in [-0.05, 0) is 55.3 Å². The molecule has 1 saturated heterocycles. The van der Waals surface area contributed by atoms with Gasteiger partial charge in [0, 0.05) is 27.0 Å². The molecule has 6 nitrogen and oxygen atoms in total. The number of aliphatic hydroxyl groups is 1. The van der Waals surface area contributed by atoms with Crippen LogP contribution in [-0.4, -0.2) is 49.9 Å². The first-order valence-corrected chi connectivity index (χ1v) is 12.4. The Balaban J connectivity index is 1.70. The van der Waals surface area contributed by atoms with Crippen molar-refractivity contribution in [3.8, 4) is 11.1 Å². The number of alkyl halides is 3. The molecule has 1 amide bonds. The van der Waals surface area contributed by atoms with E-state index in [4.69, 9.17) is 7.52 Å². The topological polar surface area (TPSA) is 93.5 Å². The Morgan fingerprint density at radius 3 is 2.44 bits per heavy atom. The molecule has 1 unspecified atom stereocenters. The van der Waals surface area contributed by atoms with E-state index in [0.717, 1.165) is 17.0 Å². The van der Waals surface area contributed by atoms with E-state index in [1.54, 1.807) is 4.72 Å². The van der Waals surface area contributed by atoms with Crippen LogP contribution in [0.15, 0.2) is 36.4 Å². The standard InChI is InChI=1S/C23H23F6N3O3S/c24-15-9-14(10-16(25)12-15)17-4-1-3-13(20(17)26)11-19-18(31-36(30,35)23(27,28)29)5-8-32(19)21(33)22(34)6-2-7-22/h1,3-4,9-10,12,18-19,34H,2,5-8,11H2,(H2,30,31,35)/t18-,19-,36?/m0/s1/i2D2. The summed E-state index contributed by atoms with van der Waals surface area (Å²) in [4.78, 5) is 14.1. The van der Waals surface area contributed by atoms with Crippen molar-refractivity contribution >= 4 is 15.8 Å². The van der Waals surface area contributed by atoms with Crippen LogP contribution < -0.4 is 4.72 Å². The van der Waals surface area contributed by atoms with E-state index < -0.39 is 82.1 Å². The van der Waals surface area contributed by atoms with E-state index in [-0.39, 0.29) is 29.7 Å². The van der Waals surface area contributed by atoms with Crippen molar-refractivity contribution in [3.63, 3.8) is 0 Å². The van der Waals surface area contributed by atoms with Gasteiger partial charge in [0.15, 0.2) is 0 Å². The van der Waals surface area contributed by atoms with Crippen LogP contribution in [0.4, 0.5) is 26.3 Å². The van der Waals surface area contributed by atoms with Crippen molar-refractivity contribution in [1.82, 2.24) is 9.62 Å². The molecule has 1 aliphatic carbocycles. The molecule has 2 aliphatic rings. The van der Waals surface area contributed by atoms with E-state index in [2.05, 4.69) is 0 Å². The maximum atomic E-state index is 15.5. The zero-order valence-corrected chi connectivity index (χ0v) is 19.4. The minimum Gasteiger partial charge on any atom is -0.380 e. The van der Waals surface area contributed by atoms with Gasteiger partial charge in [-0.2, -0.15) is 13.2 Å². The quantitative estimate of drug-likeness (QED) is 0.481. The SMILES string of the molecule is [2H]C1([2H])CC(O)(C(=O)N2CC[C@H](NS(=N)(=O)C(F)(F)F)[C@@H]2Cc2cccc(-c3cc(F)cc(F)c3)c2F)C1. The maximum Gasteiger partial charge on any atom is 0.492 e. The predicted molar refractivity (Wildman–Crippen MR) is 118 cm³/mol. The highest BCUT2D eigenvalue weighted by Gasteiger charge is 2.51. The first kappa shape index (κ1) is 23.7. The number of nitrogens with one attached hydrogen (secondary N) is 2. The van der Waals surface area contributed by atoms with Gasteiger partial charge in [0.2, 0.25) is 9.92 Å². The molecule has 3 atom stereocenters. The van der Waals surface area contributed by atoms with Crippen LogP contribution in [0.2, 0.25) is 0 Å². The van der Waals surface area contributed by atoms with Crippen LogP contribution in [-0.2, 0) is 21.1 Å². The number of carbonyl (C=O) groups excluding carboxylic acids is 1. The second kappa shape index (κ2) is 9.34. The predicted octanol–water partition coefficient (Wildman–Crippen LogP) is 4.27. The number of likely N-dealkylation sites (tertiary alicyclic amines) is 1. The Morgan fingerprint density at radius 1 is 1.22 bits per heavy atom. The van der Waals surface area contributed by atoms with Crippen molar-refractivity contribution in [2.24, 2.45) is 0 Å². The van der Waals surface area contributed by atoms with E-state index in [1.807, 2.05) is 0 Å². The molecule has 2 fully saturated rings. The number of halogens is 6. The van der Waals surface area contributed by atoms with Gasteiger partial charge >= 0.3 is 5.51 Å². The molecule has 196 valence electrons. The zero-order chi connectivity index (χ0) is 28.3. The lowest BCUT2D eigenvalue weighted by Gasteiger charge is -2.40. The van der Waals surface area contributed by atoms with Gasteiger partial charge in [-0.1, -0.05) is 18.2 Å². The molecule has 3 N–H and O–H groups in total. The fourth-order valence-corrected chi connectivity index (χ4v) is 5.29. The molecule has 2 aromatic rings. The smallest absolute Gasteiger partial charge is 0.380 e. The Labute approximate surface area is 206 Å². The maximum absolute atomic E-state index is 15.5. The second-order valence-corrected chi connectivity index (χ2v) is 10.7. The average molecular weight is 538 g/mol. The highest BCUT2D eigenvalue weighted by Crippen LogP contribution is 2.37. The number of hydrogen-bond acceptors (Lipinski definition) is 4. The summed E-state index contributed by atoms with van der Waals surface area (Å²) < 4.78 is 119. The number of amides is 1. The van der Waals surface area contributed by atoms with Gasteiger partial charge in [-0.3, -0.25) is 4.79 Å². The Morgan fingerprint density at radius 2 is 1.86 bits per heavy atom. The first-order valence-electron chi connectivity index (χ1n) is 11.8. The van der Waals surface area contributed by atoms with Crippen LogP contribution in [0.25, 0.3) is 11.1 Å². The Kier molecular flexibility index (Phi) is 6.16. The van der Waals surface area contributed by atoms with E-state index in [0.29, 0.717) is 6.07 Å². The molecule has 1 saturated carbocycles. The number of hydrogen-bond donors (Lipinski definition) is 3. The van der Waals surface area contributed by atoms with Crippen LogP contribution in [0.3, 0.4) is 0 Å². The summed E-state index contributed by atoms with van der Waals surface area (Å²) in [6.07, 6.45) is -3.61. The number of nitrogens with zero attached hydrogens (tertiary/aromatic N) is 1. The lowest BCUT2D eigenvalue weighted by molar-refractivity contribution is -0.161.